The first-order valence-electron chi connectivity index (χ1n) is 11.9. The molecule has 2 aliphatic rings. The number of nitrogens with zero attached hydrogens (tertiary/aromatic N) is 3. The number of amides is 2. The molecular weight excluding hydrogens is 556 g/mol. The molecule has 2 fully saturated rings. The molecule has 1 atom stereocenters. The van der Waals surface area contributed by atoms with Crippen LogP contribution in [0, 0.1) is 17.0 Å². The number of nitro benzene ring substituents is 1. The Labute approximate surface area is 219 Å². The Morgan fingerprint density at radius 3 is 2.49 bits per heavy atom. The van der Waals surface area contributed by atoms with E-state index < -0.39 is 35.6 Å². The van der Waals surface area contributed by atoms with Gasteiger partial charge in [0.05, 0.1) is 10.5 Å². The molecule has 0 bridgehead atoms. The summed E-state index contributed by atoms with van der Waals surface area (Å²) in [5.74, 6) is -3.76. The van der Waals surface area contributed by atoms with Gasteiger partial charge in [-0.25, -0.2) is 8.78 Å². The van der Waals surface area contributed by atoms with E-state index in [2.05, 4.69) is 26.2 Å². The van der Waals surface area contributed by atoms with E-state index in [4.69, 9.17) is 0 Å². The molecule has 0 spiro atoms. The summed E-state index contributed by atoms with van der Waals surface area (Å²) in [5, 5.41) is 15.0. The number of piperidine rings is 2. The zero-order chi connectivity index (χ0) is 26.9. The lowest BCUT2D eigenvalue weighted by molar-refractivity contribution is -0.384. The summed E-state index contributed by atoms with van der Waals surface area (Å²) >= 11 is 3.21. The van der Waals surface area contributed by atoms with Gasteiger partial charge in [0.2, 0.25) is 5.56 Å². The highest BCUT2D eigenvalue weighted by atomic mass is 79.9. The second kappa shape index (κ2) is 10.6. The van der Waals surface area contributed by atoms with Crippen LogP contribution in [0.3, 0.4) is 0 Å². The van der Waals surface area contributed by atoms with Crippen molar-refractivity contribution in [1.82, 2.24) is 14.8 Å². The third kappa shape index (κ3) is 6.14. The molecule has 2 aliphatic heterocycles. The predicted molar refractivity (Wildman–Crippen MR) is 135 cm³/mol. The molecule has 37 heavy (non-hydrogen) atoms. The smallest absolute Gasteiger partial charge is 0.294 e. The molecule has 0 aliphatic carbocycles. The number of benzene rings is 1. The summed E-state index contributed by atoms with van der Waals surface area (Å²) in [7, 11) is 0. The summed E-state index contributed by atoms with van der Waals surface area (Å²) in [6.07, 6.45) is 0.230. The second-order valence-electron chi connectivity index (χ2n) is 9.40. The standard InChI is InChI=1S/C24H26BrF2N5O5/c1-14-9-15(10-20(33)28-14)22(34)31-6-2-3-17(13-31)29-21-18(11-16(25)12-19(21)32(36)37)23(35)30-7-4-24(26,27)5-8-30/h9-12,17,29H,2-8,13H2,1H3,(H,28,33)/t17-/m1/s1. The fourth-order valence-electron chi connectivity index (χ4n) is 4.74. The number of hydrogen-bond acceptors (Lipinski definition) is 6. The van der Waals surface area contributed by atoms with Crippen molar-refractivity contribution in [3.05, 3.63) is 66.0 Å². The summed E-state index contributed by atoms with van der Waals surface area (Å²) in [6, 6.07) is 5.10. The molecule has 0 unspecified atom stereocenters. The minimum absolute atomic E-state index is 0.0000376. The fraction of sp³-hybridized carbons (Fsp3) is 0.458. The first kappa shape index (κ1) is 26.7. The molecule has 2 N–H and O–H groups in total. The van der Waals surface area contributed by atoms with Crippen LogP contribution in [0.15, 0.2) is 33.5 Å². The minimum Gasteiger partial charge on any atom is -0.374 e. The van der Waals surface area contributed by atoms with Crippen LogP contribution < -0.4 is 10.9 Å². The van der Waals surface area contributed by atoms with Gasteiger partial charge in [-0.3, -0.25) is 24.5 Å². The number of rotatable bonds is 5. The van der Waals surface area contributed by atoms with Crippen LogP contribution >= 0.6 is 15.9 Å². The number of anilines is 1. The van der Waals surface area contributed by atoms with Crippen molar-refractivity contribution in [2.45, 2.75) is 44.6 Å². The van der Waals surface area contributed by atoms with Crippen LogP contribution in [0.4, 0.5) is 20.2 Å². The van der Waals surface area contributed by atoms with Crippen molar-refractivity contribution in [3.8, 4) is 0 Å². The Kier molecular flexibility index (Phi) is 7.62. The van der Waals surface area contributed by atoms with Crippen molar-refractivity contribution in [3.63, 3.8) is 0 Å². The van der Waals surface area contributed by atoms with Crippen molar-refractivity contribution < 1.29 is 23.3 Å². The van der Waals surface area contributed by atoms with Crippen molar-refractivity contribution in [1.29, 1.82) is 0 Å². The normalized spacial score (nSPS) is 19.4. The van der Waals surface area contributed by atoms with Crippen LogP contribution in [-0.2, 0) is 0 Å². The van der Waals surface area contributed by atoms with Gasteiger partial charge in [-0.15, -0.1) is 0 Å². The number of aromatic amines is 1. The molecule has 2 saturated heterocycles. The third-order valence-electron chi connectivity index (χ3n) is 6.57. The second-order valence-corrected chi connectivity index (χ2v) is 10.3. The Morgan fingerprint density at radius 1 is 1.14 bits per heavy atom. The molecule has 3 heterocycles. The maximum absolute atomic E-state index is 13.6. The fourth-order valence-corrected chi connectivity index (χ4v) is 5.18. The van der Waals surface area contributed by atoms with Gasteiger partial charge < -0.3 is 20.1 Å². The molecule has 13 heteroatoms. The van der Waals surface area contributed by atoms with Crippen molar-refractivity contribution >= 4 is 39.1 Å². The Hall–Kier alpha value is -3.35. The first-order valence-corrected chi connectivity index (χ1v) is 12.6. The lowest BCUT2D eigenvalue weighted by atomic mass is 10.0. The molecule has 2 amide bonds. The maximum atomic E-state index is 13.6. The molecule has 1 aromatic heterocycles. The number of hydrogen-bond donors (Lipinski definition) is 2. The number of pyridine rings is 1. The van der Waals surface area contributed by atoms with Gasteiger partial charge in [-0.2, -0.15) is 0 Å². The molecule has 0 radical (unpaired) electrons. The Morgan fingerprint density at radius 2 is 1.84 bits per heavy atom. The molecule has 10 nitrogen and oxygen atoms in total. The molecule has 0 saturated carbocycles. The van der Waals surface area contributed by atoms with Crippen LogP contribution in [-0.4, -0.2) is 69.7 Å². The zero-order valence-corrected chi connectivity index (χ0v) is 21.6. The highest BCUT2D eigenvalue weighted by Gasteiger charge is 2.37. The SMILES string of the molecule is Cc1cc(C(=O)N2CCC[C@@H](Nc3c(C(=O)N4CCC(F)(F)CC4)cc(Br)cc3[N+](=O)[O-])C2)cc(=O)[nH]1. The van der Waals surface area contributed by atoms with Crippen LogP contribution in [0.1, 0.15) is 52.1 Å². The van der Waals surface area contributed by atoms with E-state index in [0.29, 0.717) is 29.6 Å². The number of nitro groups is 1. The Balaban J connectivity index is 1.60. The van der Waals surface area contributed by atoms with E-state index in [-0.39, 0.29) is 53.6 Å². The number of aromatic nitrogens is 1. The zero-order valence-electron chi connectivity index (χ0n) is 20.1. The van der Waals surface area contributed by atoms with E-state index in [0.717, 1.165) is 0 Å². The van der Waals surface area contributed by atoms with E-state index in [1.165, 1.54) is 23.1 Å². The summed E-state index contributed by atoms with van der Waals surface area (Å²) in [5.41, 5.74) is 0.0515. The average Bonchev–Trinajstić information content (AvgIpc) is 2.83. The summed E-state index contributed by atoms with van der Waals surface area (Å²) in [6.45, 7) is 1.99. The number of H-pyrrole nitrogens is 1. The Bertz CT molecular complexity index is 1290. The largest absolute Gasteiger partial charge is 0.374 e. The summed E-state index contributed by atoms with van der Waals surface area (Å²) in [4.78, 5) is 54.9. The van der Waals surface area contributed by atoms with Crippen molar-refractivity contribution in [2.75, 3.05) is 31.5 Å². The number of likely N-dealkylation sites (tertiary alicyclic amines) is 2. The number of nitrogens with one attached hydrogen (secondary N) is 2. The molecule has 4 rings (SSSR count). The maximum Gasteiger partial charge on any atom is 0.294 e. The quantitative estimate of drug-likeness (QED) is 0.406. The number of carbonyl (C=O) groups is 2. The molecule has 2 aromatic rings. The minimum atomic E-state index is -2.85. The number of carbonyl (C=O) groups excluding carboxylic acids is 2. The van der Waals surface area contributed by atoms with E-state index in [1.807, 2.05) is 0 Å². The number of alkyl halides is 2. The van der Waals surface area contributed by atoms with E-state index in [9.17, 15) is 33.3 Å². The molecular formula is C24H26BrF2N5O5. The van der Waals surface area contributed by atoms with E-state index in [1.54, 1.807) is 17.9 Å². The van der Waals surface area contributed by atoms with Crippen LogP contribution in [0.25, 0.3) is 0 Å². The highest BCUT2D eigenvalue weighted by molar-refractivity contribution is 9.10. The first-order chi connectivity index (χ1) is 17.4. The van der Waals surface area contributed by atoms with Gasteiger partial charge in [0.1, 0.15) is 5.69 Å². The number of aryl methyl sites for hydroxylation is 1. The highest BCUT2D eigenvalue weighted by Crippen LogP contribution is 2.36. The third-order valence-corrected chi connectivity index (χ3v) is 7.03. The average molecular weight is 582 g/mol. The van der Waals surface area contributed by atoms with Gasteiger partial charge >= 0.3 is 0 Å². The monoisotopic (exact) mass is 581 g/mol. The van der Waals surface area contributed by atoms with Gasteiger partial charge in [-0.1, -0.05) is 15.9 Å². The van der Waals surface area contributed by atoms with Crippen LogP contribution in [0.5, 0.6) is 0 Å². The number of halogens is 3. The van der Waals surface area contributed by atoms with Gasteiger partial charge in [0.25, 0.3) is 23.4 Å². The summed E-state index contributed by atoms with van der Waals surface area (Å²) < 4.78 is 27.6. The molecule has 1 aromatic carbocycles. The van der Waals surface area contributed by atoms with Gasteiger partial charge in [0, 0.05) is 72.9 Å². The van der Waals surface area contributed by atoms with Crippen LogP contribution in [0.2, 0.25) is 0 Å². The molecule has 198 valence electrons. The topological polar surface area (TPSA) is 129 Å². The lowest BCUT2D eigenvalue weighted by Gasteiger charge is -2.35. The predicted octanol–water partition coefficient (Wildman–Crippen LogP) is 3.94. The van der Waals surface area contributed by atoms with Gasteiger partial charge in [0.15, 0.2) is 0 Å². The van der Waals surface area contributed by atoms with E-state index >= 15 is 0 Å². The van der Waals surface area contributed by atoms with Gasteiger partial charge in [-0.05, 0) is 31.9 Å². The van der Waals surface area contributed by atoms with Crippen molar-refractivity contribution in [2.24, 2.45) is 0 Å². The lowest BCUT2D eigenvalue weighted by Crippen LogP contribution is -2.46.